The number of carbonyl (C=O) groups is 1. The van der Waals surface area contributed by atoms with Crippen molar-refractivity contribution in [1.29, 1.82) is 0 Å². The van der Waals surface area contributed by atoms with E-state index < -0.39 is 0 Å². The van der Waals surface area contributed by atoms with Crippen LogP contribution in [0.25, 0.3) is 0 Å². The third-order valence-electron chi connectivity index (χ3n) is 3.67. The number of rotatable bonds is 8. The van der Waals surface area contributed by atoms with Crippen molar-refractivity contribution in [1.82, 2.24) is 15.1 Å². The van der Waals surface area contributed by atoms with Gasteiger partial charge >= 0.3 is 0 Å². The molecule has 1 aromatic heterocycles. The van der Waals surface area contributed by atoms with Crippen LogP contribution in [0.5, 0.6) is 5.75 Å². The molecule has 0 saturated heterocycles. The lowest BCUT2D eigenvalue weighted by atomic mass is 10.1. The average molecular weight is 301 g/mol. The second kappa shape index (κ2) is 8.22. The van der Waals surface area contributed by atoms with Crippen LogP contribution in [0.3, 0.4) is 0 Å². The fourth-order valence-corrected chi connectivity index (χ4v) is 2.39. The second-order valence-corrected chi connectivity index (χ2v) is 5.21. The minimum Gasteiger partial charge on any atom is -0.496 e. The van der Waals surface area contributed by atoms with E-state index in [1.165, 1.54) is 5.56 Å². The zero-order chi connectivity index (χ0) is 15.8. The van der Waals surface area contributed by atoms with E-state index in [0.29, 0.717) is 13.0 Å². The molecule has 0 spiro atoms. The van der Waals surface area contributed by atoms with Gasteiger partial charge in [-0.25, -0.2) is 0 Å². The van der Waals surface area contributed by atoms with Crippen LogP contribution in [0.2, 0.25) is 0 Å². The Hall–Kier alpha value is -2.30. The molecule has 0 saturated carbocycles. The maximum Gasteiger partial charge on any atom is 0.220 e. The molecule has 2 aromatic rings. The van der Waals surface area contributed by atoms with E-state index in [0.717, 1.165) is 30.7 Å². The Labute approximate surface area is 131 Å². The number of para-hydroxylation sites is 1. The number of benzene rings is 1. The van der Waals surface area contributed by atoms with Crippen molar-refractivity contribution in [3.05, 3.63) is 47.8 Å². The van der Waals surface area contributed by atoms with Gasteiger partial charge in [-0.1, -0.05) is 18.2 Å². The van der Waals surface area contributed by atoms with Crippen molar-refractivity contribution < 1.29 is 9.53 Å². The maximum absolute atomic E-state index is 11.8. The smallest absolute Gasteiger partial charge is 0.220 e. The topological polar surface area (TPSA) is 56.1 Å². The molecule has 5 heteroatoms. The van der Waals surface area contributed by atoms with Gasteiger partial charge in [0.1, 0.15) is 5.75 Å². The Morgan fingerprint density at radius 2 is 2.09 bits per heavy atom. The molecule has 118 valence electrons. The first kappa shape index (κ1) is 16.1. The van der Waals surface area contributed by atoms with Gasteiger partial charge in [0.05, 0.1) is 7.11 Å². The number of nitrogens with one attached hydrogen (secondary N) is 1. The number of carbonyl (C=O) groups excluding carboxylic acids is 1. The largest absolute Gasteiger partial charge is 0.496 e. The van der Waals surface area contributed by atoms with Gasteiger partial charge in [-0.05, 0) is 37.0 Å². The Morgan fingerprint density at radius 1 is 1.27 bits per heavy atom. The summed E-state index contributed by atoms with van der Waals surface area (Å²) in [6, 6.07) is 9.92. The molecule has 0 aliphatic rings. The Kier molecular flexibility index (Phi) is 6.01. The molecule has 1 N–H and O–H groups in total. The fraction of sp³-hybridized carbons (Fsp3) is 0.412. The van der Waals surface area contributed by atoms with Crippen molar-refractivity contribution in [3.8, 4) is 5.75 Å². The third kappa shape index (κ3) is 4.62. The molecule has 0 atom stereocenters. The standard InChI is InChI=1S/C17H23N3O2/c1-20-15(11-13-19-20)9-10-17(21)18-12-5-7-14-6-3-4-8-16(14)22-2/h3-4,6,8,11,13H,5,7,9-10,12H2,1-2H3,(H,18,21). The average Bonchev–Trinajstić information content (AvgIpc) is 2.95. The second-order valence-electron chi connectivity index (χ2n) is 5.21. The first-order valence-corrected chi connectivity index (χ1v) is 7.56. The molecule has 2 rings (SSSR count). The van der Waals surface area contributed by atoms with Crippen molar-refractivity contribution in [3.63, 3.8) is 0 Å². The van der Waals surface area contributed by atoms with Gasteiger partial charge in [0.25, 0.3) is 0 Å². The lowest BCUT2D eigenvalue weighted by Crippen LogP contribution is -2.25. The molecule has 5 nitrogen and oxygen atoms in total. The number of hydrogen-bond donors (Lipinski definition) is 1. The normalized spacial score (nSPS) is 10.5. The highest BCUT2D eigenvalue weighted by molar-refractivity contribution is 5.76. The molecule has 1 heterocycles. The van der Waals surface area contributed by atoms with Crippen LogP contribution in [-0.4, -0.2) is 29.3 Å². The van der Waals surface area contributed by atoms with Crippen molar-refractivity contribution >= 4 is 5.91 Å². The van der Waals surface area contributed by atoms with Gasteiger partial charge in [0.2, 0.25) is 5.91 Å². The summed E-state index contributed by atoms with van der Waals surface area (Å²) in [5.74, 6) is 0.992. The molecule has 0 unspecified atom stereocenters. The van der Waals surface area contributed by atoms with Crippen LogP contribution in [0.4, 0.5) is 0 Å². The summed E-state index contributed by atoms with van der Waals surface area (Å²) in [6.45, 7) is 0.683. The van der Waals surface area contributed by atoms with Gasteiger partial charge in [-0.2, -0.15) is 5.10 Å². The zero-order valence-electron chi connectivity index (χ0n) is 13.2. The molecular weight excluding hydrogens is 278 g/mol. The number of aryl methyl sites for hydroxylation is 3. The SMILES string of the molecule is COc1ccccc1CCCNC(=O)CCc1ccnn1C. The number of hydrogen-bond acceptors (Lipinski definition) is 3. The number of aromatic nitrogens is 2. The van der Waals surface area contributed by atoms with Crippen LogP contribution < -0.4 is 10.1 Å². The van der Waals surface area contributed by atoms with Gasteiger partial charge in [0, 0.05) is 31.9 Å². The summed E-state index contributed by atoms with van der Waals surface area (Å²) in [4.78, 5) is 11.8. The Morgan fingerprint density at radius 3 is 2.82 bits per heavy atom. The quantitative estimate of drug-likeness (QED) is 0.760. The van der Waals surface area contributed by atoms with Crippen molar-refractivity contribution in [2.45, 2.75) is 25.7 Å². The summed E-state index contributed by atoms with van der Waals surface area (Å²) in [5.41, 5.74) is 2.25. The number of amides is 1. The van der Waals surface area contributed by atoms with E-state index in [-0.39, 0.29) is 5.91 Å². The van der Waals surface area contributed by atoms with Crippen LogP contribution in [0.15, 0.2) is 36.5 Å². The lowest BCUT2D eigenvalue weighted by molar-refractivity contribution is -0.121. The van der Waals surface area contributed by atoms with E-state index in [4.69, 9.17) is 4.74 Å². The minimum absolute atomic E-state index is 0.0845. The summed E-state index contributed by atoms with van der Waals surface area (Å²) in [7, 11) is 3.57. The number of methoxy groups -OCH3 is 1. The molecular formula is C17H23N3O2. The molecule has 22 heavy (non-hydrogen) atoms. The van der Waals surface area contributed by atoms with Crippen LogP contribution >= 0.6 is 0 Å². The molecule has 0 fully saturated rings. The molecule has 1 aromatic carbocycles. The van der Waals surface area contributed by atoms with E-state index in [9.17, 15) is 4.79 Å². The monoisotopic (exact) mass is 301 g/mol. The zero-order valence-corrected chi connectivity index (χ0v) is 13.2. The first-order valence-electron chi connectivity index (χ1n) is 7.56. The van der Waals surface area contributed by atoms with Crippen LogP contribution in [-0.2, 0) is 24.7 Å². The van der Waals surface area contributed by atoms with E-state index in [2.05, 4.69) is 16.5 Å². The summed E-state index contributed by atoms with van der Waals surface area (Å²) >= 11 is 0. The molecule has 0 aliphatic carbocycles. The van der Waals surface area contributed by atoms with Gasteiger partial charge < -0.3 is 10.1 Å². The van der Waals surface area contributed by atoms with Crippen LogP contribution in [0.1, 0.15) is 24.1 Å². The molecule has 0 bridgehead atoms. The van der Waals surface area contributed by atoms with Gasteiger partial charge in [0.15, 0.2) is 0 Å². The van der Waals surface area contributed by atoms with E-state index in [1.54, 1.807) is 18.0 Å². The minimum atomic E-state index is 0.0845. The predicted octanol–water partition coefficient (Wildman–Crippen LogP) is 2.11. The fourth-order valence-electron chi connectivity index (χ4n) is 2.39. The summed E-state index contributed by atoms with van der Waals surface area (Å²) in [5, 5.41) is 7.06. The summed E-state index contributed by atoms with van der Waals surface area (Å²) in [6.07, 6.45) is 4.76. The third-order valence-corrected chi connectivity index (χ3v) is 3.67. The van der Waals surface area contributed by atoms with Crippen molar-refractivity contribution in [2.75, 3.05) is 13.7 Å². The van der Waals surface area contributed by atoms with Crippen molar-refractivity contribution in [2.24, 2.45) is 7.05 Å². The highest BCUT2D eigenvalue weighted by atomic mass is 16.5. The molecule has 0 aliphatic heterocycles. The number of ether oxygens (including phenoxy) is 1. The highest BCUT2D eigenvalue weighted by Gasteiger charge is 2.05. The Bertz CT molecular complexity index is 607. The summed E-state index contributed by atoms with van der Waals surface area (Å²) < 4.78 is 7.12. The molecule has 1 amide bonds. The van der Waals surface area contributed by atoms with Gasteiger partial charge in [-0.15, -0.1) is 0 Å². The Balaban J connectivity index is 1.66. The number of nitrogens with zero attached hydrogens (tertiary/aromatic N) is 2. The first-order chi connectivity index (χ1) is 10.7. The maximum atomic E-state index is 11.8. The predicted molar refractivity (Wildman–Crippen MR) is 85.9 cm³/mol. The molecule has 0 radical (unpaired) electrons. The van der Waals surface area contributed by atoms with Gasteiger partial charge in [-0.3, -0.25) is 9.48 Å². The van der Waals surface area contributed by atoms with Crippen LogP contribution in [0, 0.1) is 0 Å². The van der Waals surface area contributed by atoms with E-state index in [1.807, 2.05) is 31.3 Å². The highest BCUT2D eigenvalue weighted by Crippen LogP contribution is 2.18. The lowest BCUT2D eigenvalue weighted by Gasteiger charge is -2.09. The van der Waals surface area contributed by atoms with E-state index >= 15 is 0 Å².